The molecule has 0 spiro atoms. The first-order valence-electron chi connectivity index (χ1n) is 13.8. The smallest absolute Gasteiger partial charge is 0.268 e. The molecule has 45 heavy (non-hydrogen) atoms. The highest BCUT2D eigenvalue weighted by atomic mass is 32.2. The van der Waals surface area contributed by atoms with Crippen molar-refractivity contribution in [1.29, 1.82) is 0 Å². The van der Waals surface area contributed by atoms with Crippen molar-refractivity contribution in [1.82, 2.24) is 0 Å². The maximum Gasteiger partial charge on any atom is 0.268 e. The predicted molar refractivity (Wildman–Crippen MR) is 160 cm³/mol. The van der Waals surface area contributed by atoms with Crippen LogP contribution in [0.5, 0.6) is 0 Å². The summed E-state index contributed by atoms with van der Waals surface area (Å²) in [5.74, 6) is -0.597. The number of alkyl halides is 4. The van der Waals surface area contributed by atoms with E-state index in [1.807, 2.05) is 0 Å². The summed E-state index contributed by atoms with van der Waals surface area (Å²) >= 11 is 0. The lowest BCUT2D eigenvalue weighted by Gasteiger charge is -2.11. The van der Waals surface area contributed by atoms with E-state index in [-0.39, 0.29) is 33.4 Å². The number of anilines is 1. The second kappa shape index (κ2) is 14.3. The summed E-state index contributed by atoms with van der Waals surface area (Å²) in [7, 11) is -3.25. The number of aliphatic hydroxyl groups excluding tert-OH is 2. The van der Waals surface area contributed by atoms with Crippen molar-refractivity contribution in [2.75, 3.05) is 11.6 Å². The van der Waals surface area contributed by atoms with Crippen LogP contribution >= 0.6 is 0 Å². The minimum Gasteiger partial charge on any atom is -0.382 e. The number of rotatable bonds is 9. The third-order valence-corrected chi connectivity index (χ3v) is 8.22. The summed E-state index contributed by atoms with van der Waals surface area (Å²) in [5, 5.41) is 21.3. The standard InChI is InChI=1S/C18H16F3NO2.C15H14F2O3S/c19-15-9-13(22-18(24)12-5-6-12)7-8-14(15)10-1-3-11(4-2-10)16(23)17(20)21;1-21(19,20)13-8-6-11(7-9-13)10-2-4-12(5-3-10)14(18)15(16)17/h1-4,7-9,12,16-17,23H,5-6H2,(H,22,24);2-9,14-15,18H,1H3. The van der Waals surface area contributed by atoms with Gasteiger partial charge in [0, 0.05) is 23.4 Å². The zero-order chi connectivity index (χ0) is 32.9. The molecule has 1 aliphatic rings. The van der Waals surface area contributed by atoms with E-state index in [2.05, 4.69) is 5.32 Å². The maximum atomic E-state index is 14.3. The van der Waals surface area contributed by atoms with E-state index in [0.29, 0.717) is 11.3 Å². The van der Waals surface area contributed by atoms with Crippen LogP contribution in [-0.4, -0.2) is 43.6 Å². The Kier molecular flexibility index (Phi) is 10.7. The summed E-state index contributed by atoms with van der Waals surface area (Å²) in [4.78, 5) is 11.9. The molecule has 3 N–H and O–H groups in total. The van der Waals surface area contributed by atoms with Gasteiger partial charge in [0.1, 0.15) is 18.0 Å². The number of amides is 1. The third kappa shape index (κ3) is 8.96. The fourth-order valence-electron chi connectivity index (χ4n) is 4.33. The highest BCUT2D eigenvalue weighted by molar-refractivity contribution is 7.90. The van der Waals surface area contributed by atoms with Crippen LogP contribution < -0.4 is 5.32 Å². The highest BCUT2D eigenvalue weighted by Gasteiger charge is 2.29. The monoisotopic (exact) mass is 647 g/mol. The number of nitrogens with one attached hydrogen (secondary N) is 1. The molecule has 0 radical (unpaired) electrons. The Hall–Kier alpha value is -4.13. The lowest BCUT2D eigenvalue weighted by atomic mass is 10.0. The van der Waals surface area contributed by atoms with Crippen molar-refractivity contribution in [3.05, 3.63) is 108 Å². The van der Waals surface area contributed by atoms with Gasteiger partial charge in [-0.3, -0.25) is 4.79 Å². The van der Waals surface area contributed by atoms with Gasteiger partial charge in [0.05, 0.1) is 4.90 Å². The van der Waals surface area contributed by atoms with Crippen molar-refractivity contribution >= 4 is 21.4 Å². The van der Waals surface area contributed by atoms with Gasteiger partial charge < -0.3 is 15.5 Å². The van der Waals surface area contributed by atoms with Gasteiger partial charge in [-0.25, -0.2) is 30.4 Å². The summed E-state index contributed by atoms with van der Waals surface area (Å²) in [6.45, 7) is 0. The Morgan fingerprint density at radius 2 is 1.18 bits per heavy atom. The van der Waals surface area contributed by atoms with Crippen LogP contribution in [0.15, 0.2) is 95.9 Å². The van der Waals surface area contributed by atoms with Crippen LogP contribution in [0.3, 0.4) is 0 Å². The molecule has 0 aliphatic heterocycles. The van der Waals surface area contributed by atoms with Gasteiger partial charge >= 0.3 is 0 Å². The Morgan fingerprint density at radius 3 is 1.58 bits per heavy atom. The van der Waals surface area contributed by atoms with E-state index in [9.17, 15) is 45.4 Å². The normalized spacial score (nSPS) is 14.4. The van der Waals surface area contributed by atoms with Gasteiger partial charge in [0.2, 0.25) is 5.91 Å². The molecule has 1 saturated carbocycles. The number of halogens is 5. The Balaban J connectivity index is 0.000000207. The molecule has 6 nitrogen and oxygen atoms in total. The van der Waals surface area contributed by atoms with Crippen molar-refractivity contribution in [2.24, 2.45) is 5.92 Å². The summed E-state index contributed by atoms with van der Waals surface area (Å²) in [6, 6.07) is 22.3. The molecule has 4 aromatic carbocycles. The lowest BCUT2D eigenvalue weighted by Crippen LogP contribution is -2.13. The molecule has 5 rings (SSSR count). The van der Waals surface area contributed by atoms with Crippen LogP contribution in [0.2, 0.25) is 0 Å². The van der Waals surface area contributed by atoms with Gasteiger partial charge in [0.15, 0.2) is 9.84 Å². The first-order chi connectivity index (χ1) is 21.2. The fraction of sp³-hybridized carbons (Fsp3) is 0.242. The molecular weight excluding hydrogens is 617 g/mol. The number of hydrogen-bond donors (Lipinski definition) is 3. The van der Waals surface area contributed by atoms with Crippen LogP contribution in [0.25, 0.3) is 22.3 Å². The molecule has 0 heterocycles. The maximum absolute atomic E-state index is 14.3. The van der Waals surface area contributed by atoms with E-state index in [0.717, 1.165) is 30.2 Å². The summed E-state index contributed by atoms with van der Waals surface area (Å²) in [5.41, 5.74) is 2.90. The number of carbonyl (C=O) groups is 1. The number of hydrogen-bond acceptors (Lipinski definition) is 5. The van der Waals surface area contributed by atoms with Gasteiger partial charge in [-0.15, -0.1) is 0 Å². The average molecular weight is 648 g/mol. The van der Waals surface area contributed by atoms with Gasteiger partial charge in [0.25, 0.3) is 12.9 Å². The summed E-state index contributed by atoms with van der Waals surface area (Å²) < 4.78 is 86.7. The molecule has 0 saturated heterocycles. The topological polar surface area (TPSA) is 104 Å². The zero-order valence-corrected chi connectivity index (χ0v) is 24.7. The van der Waals surface area contributed by atoms with Gasteiger partial charge in [-0.05, 0) is 71.0 Å². The zero-order valence-electron chi connectivity index (χ0n) is 23.9. The van der Waals surface area contributed by atoms with Crippen LogP contribution in [0.1, 0.15) is 36.2 Å². The largest absolute Gasteiger partial charge is 0.382 e. The number of benzene rings is 4. The predicted octanol–water partition coefficient (Wildman–Crippen LogP) is 7.20. The van der Waals surface area contributed by atoms with E-state index < -0.39 is 40.7 Å². The second-order valence-corrected chi connectivity index (χ2v) is 12.6. The molecule has 0 aromatic heterocycles. The van der Waals surface area contributed by atoms with Crippen molar-refractivity contribution < 1.29 is 45.4 Å². The van der Waals surface area contributed by atoms with E-state index in [1.165, 1.54) is 60.7 Å². The molecule has 1 amide bonds. The van der Waals surface area contributed by atoms with Crippen LogP contribution in [0, 0.1) is 11.7 Å². The fourth-order valence-corrected chi connectivity index (χ4v) is 4.97. The number of carbonyl (C=O) groups excluding carboxylic acids is 1. The first kappa shape index (κ1) is 33.8. The molecule has 238 valence electrons. The molecule has 1 fully saturated rings. The van der Waals surface area contributed by atoms with E-state index in [1.54, 1.807) is 30.3 Å². The second-order valence-electron chi connectivity index (χ2n) is 10.6. The Bertz CT molecular complexity index is 1710. The summed E-state index contributed by atoms with van der Waals surface area (Å²) in [6.07, 6.45) is -6.50. The van der Waals surface area contributed by atoms with Crippen molar-refractivity contribution in [2.45, 2.75) is 42.8 Å². The Labute approximate surface area is 257 Å². The van der Waals surface area contributed by atoms with E-state index in [4.69, 9.17) is 0 Å². The van der Waals surface area contributed by atoms with E-state index >= 15 is 0 Å². The molecular formula is C33H30F5NO5S. The average Bonchev–Trinajstić information content (AvgIpc) is 3.87. The first-order valence-corrected chi connectivity index (χ1v) is 15.7. The Morgan fingerprint density at radius 1 is 0.733 bits per heavy atom. The third-order valence-electron chi connectivity index (χ3n) is 7.09. The highest BCUT2D eigenvalue weighted by Crippen LogP contribution is 2.32. The van der Waals surface area contributed by atoms with Crippen molar-refractivity contribution in [3.63, 3.8) is 0 Å². The lowest BCUT2D eigenvalue weighted by molar-refractivity contribution is -0.117. The molecule has 2 atom stereocenters. The van der Waals surface area contributed by atoms with Crippen molar-refractivity contribution in [3.8, 4) is 22.3 Å². The SMILES string of the molecule is CS(=O)(=O)c1ccc(-c2ccc(C(O)C(F)F)cc2)cc1.O=C(Nc1ccc(-c2ccc(C(O)C(F)F)cc2)c(F)c1)C1CC1. The molecule has 0 bridgehead atoms. The minimum absolute atomic E-state index is 0.0292. The minimum atomic E-state index is -3.25. The molecule has 4 aromatic rings. The number of aliphatic hydroxyl groups is 2. The molecule has 12 heteroatoms. The van der Waals surface area contributed by atoms with Crippen LogP contribution in [0.4, 0.5) is 27.6 Å². The number of sulfone groups is 1. The quantitative estimate of drug-likeness (QED) is 0.167. The van der Waals surface area contributed by atoms with Crippen LogP contribution in [-0.2, 0) is 14.6 Å². The molecule has 2 unspecified atom stereocenters. The van der Waals surface area contributed by atoms with Gasteiger partial charge in [-0.2, -0.15) is 0 Å². The molecule has 1 aliphatic carbocycles. The van der Waals surface area contributed by atoms with Gasteiger partial charge in [-0.1, -0.05) is 60.7 Å².